The van der Waals surface area contributed by atoms with Crippen molar-refractivity contribution in [3.8, 4) is 0 Å². The van der Waals surface area contributed by atoms with E-state index in [1.807, 2.05) is 19.1 Å². The van der Waals surface area contributed by atoms with Crippen molar-refractivity contribution in [1.29, 1.82) is 0 Å². The summed E-state index contributed by atoms with van der Waals surface area (Å²) in [6, 6.07) is 7.08. The summed E-state index contributed by atoms with van der Waals surface area (Å²) >= 11 is 0. The minimum absolute atomic E-state index is 0.122. The number of aromatic nitrogens is 1. The molecule has 0 unspecified atom stereocenters. The fraction of sp³-hybridized carbons (Fsp3) is 0.524. The van der Waals surface area contributed by atoms with Crippen LogP contribution in [-0.4, -0.2) is 24.2 Å². The van der Waals surface area contributed by atoms with E-state index in [0.717, 1.165) is 60.8 Å². The third-order valence-corrected chi connectivity index (χ3v) is 5.24. The first-order chi connectivity index (χ1) is 13.1. The number of nitrogens with one attached hydrogen (secondary N) is 2. The maximum Gasteiger partial charge on any atom is 0.191 e. The van der Waals surface area contributed by atoms with Gasteiger partial charge in [0.05, 0.1) is 12.2 Å². The third-order valence-electron chi connectivity index (χ3n) is 5.24. The van der Waals surface area contributed by atoms with Crippen LogP contribution in [0.5, 0.6) is 0 Å². The molecule has 27 heavy (non-hydrogen) atoms. The van der Waals surface area contributed by atoms with E-state index in [1.165, 1.54) is 0 Å². The van der Waals surface area contributed by atoms with Crippen LogP contribution in [0.15, 0.2) is 33.8 Å². The normalized spacial score (nSPS) is 15.6. The van der Waals surface area contributed by atoms with Gasteiger partial charge in [0.15, 0.2) is 5.96 Å². The minimum Gasteiger partial charge on any atom is -0.361 e. The Bertz CT molecular complexity index is 774. The Morgan fingerprint density at radius 1 is 1.19 bits per heavy atom. The Morgan fingerprint density at radius 3 is 2.59 bits per heavy atom. The first-order valence-electron chi connectivity index (χ1n) is 9.87. The molecule has 0 saturated heterocycles. The summed E-state index contributed by atoms with van der Waals surface area (Å²) in [6.45, 7) is 8.13. The number of nitrogens with zero attached hydrogens (tertiary/aromatic N) is 2. The van der Waals surface area contributed by atoms with Gasteiger partial charge in [-0.1, -0.05) is 37.2 Å². The van der Waals surface area contributed by atoms with Gasteiger partial charge in [0, 0.05) is 30.5 Å². The summed E-state index contributed by atoms with van der Waals surface area (Å²) in [6.07, 6.45) is 3.62. The van der Waals surface area contributed by atoms with Crippen molar-refractivity contribution in [2.45, 2.75) is 58.4 Å². The predicted molar refractivity (Wildman–Crippen MR) is 105 cm³/mol. The standard InChI is InChI=1S/C21H29FN4O/c1-4-18-15(19(5-2)27-26-18)13-24-20(23-6-3)25-14-21(11-12-21)16-9-7-8-10-17(16)22/h7-10H,4-6,11-14H2,1-3H3,(H2,23,24,25). The molecule has 2 N–H and O–H groups in total. The van der Waals surface area contributed by atoms with Crippen LogP contribution in [0.2, 0.25) is 0 Å². The van der Waals surface area contributed by atoms with Crippen LogP contribution in [0.25, 0.3) is 0 Å². The van der Waals surface area contributed by atoms with Gasteiger partial charge >= 0.3 is 0 Å². The fourth-order valence-electron chi connectivity index (χ4n) is 3.45. The number of hydrogen-bond acceptors (Lipinski definition) is 3. The lowest BCUT2D eigenvalue weighted by atomic mass is 9.95. The van der Waals surface area contributed by atoms with Crippen LogP contribution in [0.1, 0.15) is 56.2 Å². The van der Waals surface area contributed by atoms with Crippen LogP contribution in [0, 0.1) is 5.82 Å². The van der Waals surface area contributed by atoms with Gasteiger partial charge in [0.1, 0.15) is 11.6 Å². The number of aliphatic imine (C=N–C) groups is 1. The van der Waals surface area contributed by atoms with Gasteiger partial charge in [0.2, 0.25) is 0 Å². The van der Waals surface area contributed by atoms with E-state index in [0.29, 0.717) is 13.1 Å². The molecule has 1 aliphatic carbocycles. The number of benzene rings is 1. The minimum atomic E-state index is -0.123. The average molecular weight is 372 g/mol. The molecule has 0 bridgehead atoms. The molecule has 0 atom stereocenters. The Hall–Kier alpha value is -2.37. The average Bonchev–Trinajstić information content (AvgIpc) is 3.36. The maximum atomic E-state index is 14.2. The molecular weight excluding hydrogens is 343 g/mol. The maximum absolute atomic E-state index is 14.2. The van der Waals surface area contributed by atoms with Crippen molar-refractivity contribution in [2.75, 3.05) is 13.1 Å². The van der Waals surface area contributed by atoms with Crippen LogP contribution in [0.3, 0.4) is 0 Å². The van der Waals surface area contributed by atoms with Gasteiger partial charge < -0.3 is 15.2 Å². The van der Waals surface area contributed by atoms with Crippen molar-refractivity contribution in [1.82, 2.24) is 15.8 Å². The number of rotatable bonds is 8. The quantitative estimate of drug-likeness (QED) is 0.548. The Morgan fingerprint density at radius 2 is 1.96 bits per heavy atom. The van der Waals surface area contributed by atoms with Gasteiger partial charge in [-0.15, -0.1) is 0 Å². The van der Waals surface area contributed by atoms with Crippen LogP contribution < -0.4 is 10.6 Å². The van der Waals surface area contributed by atoms with Crippen LogP contribution >= 0.6 is 0 Å². The molecule has 5 nitrogen and oxygen atoms in total. The summed E-state index contributed by atoms with van der Waals surface area (Å²) in [7, 11) is 0. The molecule has 146 valence electrons. The summed E-state index contributed by atoms with van der Waals surface area (Å²) in [5, 5.41) is 10.8. The molecule has 1 aromatic carbocycles. The molecular formula is C21H29FN4O. The second-order valence-electron chi connectivity index (χ2n) is 7.05. The topological polar surface area (TPSA) is 62.5 Å². The molecule has 0 aliphatic heterocycles. The zero-order valence-corrected chi connectivity index (χ0v) is 16.4. The lowest BCUT2D eigenvalue weighted by molar-refractivity contribution is 0.380. The van der Waals surface area contributed by atoms with Gasteiger partial charge in [-0.05, 0) is 37.8 Å². The summed E-state index contributed by atoms with van der Waals surface area (Å²) in [4.78, 5) is 4.72. The van der Waals surface area contributed by atoms with E-state index < -0.39 is 0 Å². The lowest BCUT2D eigenvalue weighted by Crippen LogP contribution is -2.41. The summed E-state index contributed by atoms with van der Waals surface area (Å²) in [5.41, 5.74) is 2.72. The summed E-state index contributed by atoms with van der Waals surface area (Å²) < 4.78 is 19.6. The van der Waals surface area contributed by atoms with E-state index in [9.17, 15) is 4.39 Å². The number of halogens is 1. The van der Waals surface area contributed by atoms with E-state index >= 15 is 0 Å². The van der Waals surface area contributed by atoms with Crippen molar-refractivity contribution in [2.24, 2.45) is 4.99 Å². The van der Waals surface area contributed by atoms with Crippen molar-refractivity contribution >= 4 is 5.96 Å². The SMILES string of the molecule is CCNC(=NCc1c(CC)noc1CC)NCC1(c2ccccc2F)CC1. The third kappa shape index (κ3) is 4.31. The first-order valence-corrected chi connectivity index (χ1v) is 9.87. The number of hydrogen-bond donors (Lipinski definition) is 2. The highest BCUT2D eigenvalue weighted by molar-refractivity contribution is 5.80. The van der Waals surface area contributed by atoms with Crippen molar-refractivity contribution in [3.05, 3.63) is 52.7 Å². The van der Waals surface area contributed by atoms with E-state index in [-0.39, 0.29) is 11.2 Å². The lowest BCUT2D eigenvalue weighted by Gasteiger charge is -2.19. The molecule has 1 aromatic heterocycles. The largest absolute Gasteiger partial charge is 0.361 e. The van der Waals surface area contributed by atoms with E-state index in [1.54, 1.807) is 12.1 Å². The number of guanidine groups is 1. The monoisotopic (exact) mass is 372 g/mol. The highest BCUT2D eigenvalue weighted by Crippen LogP contribution is 2.48. The summed E-state index contributed by atoms with van der Waals surface area (Å²) in [5.74, 6) is 1.52. The Labute approximate surface area is 160 Å². The Kier molecular flexibility index (Phi) is 6.14. The van der Waals surface area contributed by atoms with Gasteiger partial charge in [-0.3, -0.25) is 0 Å². The fourth-order valence-corrected chi connectivity index (χ4v) is 3.45. The Balaban J connectivity index is 1.70. The predicted octanol–water partition coefficient (Wildman–Crippen LogP) is 3.73. The highest BCUT2D eigenvalue weighted by Gasteiger charge is 2.45. The van der Waals surface area contributed by atoms with Gasteiger partial charge in [-0.2, -0.15) is 0 Å². The molecule has 3 rings (SSSR count). The van der Waals surface area contributed by atoms with Gasteiger partial charge in [-0.25, -0.2) is 9.38 Å². The highest BCUT2D eigenvalue weighted by atomic mass is 19.1. The second kappa shape index (κ2) is 8.55. The molecule has 6 heteroatoms. The van der Waals surface area contributed by atoms with E-state index in [2.05, 4.69) is 29.6 Å². The van der Waals surface area contributed by atoms with Crippen LogP contribution in [-0.2, 0) is 24.8 Å². The van der Waals surface area contributed by atoms with Crippen molar-refractivity contribution in [3.63, 3.8) is 0 Å². The molecule has 0 radical (unpaired) electrons. The molecule has 1 heterocycles. The van der Waals surface area contributed by atoms with Crippen LogP contribution in [0.4, 0.5) is 4.39 Å². The zero-order chi connectivity index (χ0) is 19.3. The molecule has 1 aliphatic rings. The molecule has 0 spiro atoms. The zero-order valence-electron chi connectivity index (χ0n) is 16.4. The smallest absolute Gasteiger partial charge is 0.191 e. The molecule has 1 fully saturated rings. The van der Waals surface area contributed by atoms with Gasteiger partial charge in [0.25, 0.3) is 0 Å². The van der Waals surface area contributed by atoms with E-state index in [4.69, 9.17) is 9.52 Å². The molecule has 0 amide bonds. The second-order valence-corrected chi connectivity index (χ2v) is 7.05. The first kappa shape index (κ1) is 19.4. The number of aryl methyl sites for hydroxylation is 2. The molecule has 1 saturated carbocycles. The van der Waals surface area contributed by atoms with Crippen molar-refractivity contribution < 1.29 is 8.91 Å². The molecule has 2 aromatic rings.